The third-order valence-electron chi connectivity index (χ3n) is 3.14. The third kappa shape index (κ3) is 4.19. The van der Waals surface area contributed by atoms with Gasteiger partial charge in [0.1, 0.15) is 5.82 Å². The first-order valence-electron chi connectivity index (χ1n) is 6.61. The van der Waals surface area contributed by atoms with Crippen molar-refractivity contribution < 1.29 is 9.47 Å². The van der Waals surface area contributed by atoms with Gasteiger partial charge in [-0.15, -0.1) is 0 Å². The van der Waals surface area contributed by atoms with Gasteiger partial charge in [-0.25, -0.2) is 0 Å². The molecule has 0 atom stereocenters. The van der Waals surface area contributed by atoms with Crippen molar-refractivity contribution in [1.82, 2.24) is 9.78 Å². The summed E-state index contributed by atoms with van der Waals surface area (Å²) in [6, 6.07) is 0. The number of aryl methyl sites for hydroxylation is 2. The summed E-state index contributed by atoms with van der Waals surface area (Å²) < 4.78 is 12.3. The van der Waals surface area contributed by atoms with Crippen LogP contribution in [0.25, 0.3) is 0 Å². The Kier molecular flexibility index (Phi) is 6.83. The van der Waals surface area contributed by atoms with Crippen LogP contribution < -0.4 is 10.6 Å². The number of methoxy groups -OCH3 is 2. The molecular weight excluding hydrogens is 244 g/mol. The largest absolute Gasteiger partial charge is 0.383 e. The molecule has 0 aliphatic heterocycles. The number of ether oxygens (including phenoxy) is 2. The minimum Gasteiger partial charge on any atom is -0.383 e. The van der Waals surface area contributed by atoms with Gasteiger partial charge in [-0.3, -0.25) is 4.68 Å². The van der Waals surface area contributed by atoms with Gasteiger partial charge in [0.2, 0.25) is 0 Å². The summed E-state index contributed by atoms with van der Waals surface area (Å²) in [7, 11) is 5.39. The van der Waals surface area contributed by atoms with E-state index >= 15 is 0 Å². The third-order valence-corrected chi connectivity index (χ3v) is 3.14. The second-order valence-electron chi connectivity index (χ2n) is 4.52. The Morgan fingerprint density at radius 3 is 2.26 bits per heavy atom. The molecule has 0 aromatic carbocycles. The van der Waals surface area contributed by atoms with Gasteiger partial charge in [0.05, 0.1) is 18.9 Å². The summed E-state index contributed by atoms with van der Waals surface area (Å²) in [5, 5.41) is 4.50. The molecule has 0 unspecified atom stereocenters. The minimum absolute atomic E-state index is 0.627. The monoisotopic (exact) mass is 270 g/mol. The number of rotatable bonds is 9. The number of aromatic nitrogens is 2. The quantitative estimate of drug-likeness (QED) is 0.700. The highest BCUT2D eigenvalue weighted by molar-refractivity contribution is 5.50. The van der Waals surface area contributed by atoms with E-state index in [0.717, 1.165) is 31.0 Å². The Hall–Kier alpha value is -1.11. The molecule has 0 aliphatic rings. The lowest BCUT2D eigenvalue weighted by molar-refractivity contribution is 0.189. The zero-order chi connectivity index (χ0) is 14.3. The van der Waals surface area contributed by atoms with Gasteiger partial charge in [-0.05, 0) is 19.9 Å². The smallest absolute Gasteiger partial charge is 0.130 e. The summed E-state index contributed by atoms with van der Waals surface area (Å²) in [5.74, 6) is 1.12. The Bertz CT molecular complexity index is 371. The van der Waals surface area contributed by atoms with Gasteiger partial charge in [-0.1, -0.05) is 0 Å². The molecule has 6 heteroatoms. The van der Waals surface area contributed by atoms with Crippen LogP contribution >= 0.6 is 0 Å². The Morgan fingerprint density at radius 2 is 1.79 bits per heavy atom. The van der Waals surface area contributed by atoms with Crippen LogP contribution in [0.1, 0.15) is 11.3 Å². The standard InChI is InChI=1S/C13H26N4O2/c1-11-12(5-6-14)13(16(2)15-11)17(7-9-18-3)8-10-19-4/h5-10,14H2,1-4H3. The molecule has 0 amide bonds. The molecule has 110 valence electrons. The van der Waals surface area contributed by atoms with E-state index in [9.17, 15) is 0 Å². The van der Waals surface area contributed by atoms with Gasteiger partial charge in [0.15, 0.2) is 0 Å². The van der Waals surface area contributed by atoms with E-state index in [4.69, 9.17) is 15.2 Å². The summed E-state index contributed by atoms with van der Waals surface area (Å²) in [6.45, 7) is 5.64. The van der Waals surface area contributed by atoms with Crippen molar-refractivity contribution in [3.63, 3.8) is 0 Å². The molecule has 6 nitrogen and oxygen atoms in total. The predicted octanol–water partition coefficient (Wildman–Crippen LogP) is 0.329. The summed E-state index contributed by atoms with van der Waals surface area (Å²) in [4.78, 5) is 2.25. The maximum Gasteiger partial charge on any atom is 0.130 e. The molecule has 0 bridgehead atoms. The topological polar surface area (TPSA) is 65.5 Å². The lowest BCUT2D eigenvalue weighted by Crippen LogP contribution is -2.33. The van der Waals surface area contributed by atoms with Crippen LogP contribution in [-0.2, 0) is 22.9 Å². The number of anilines is 1. The fourth-order valence-corrected chi connectivity index (χ4v) is 2.25. The molecule has 0 saturated heterocycles. The van der Waals surface area contributed by atoms with Crippen molar-refractivity contribution in [2.75, 3.05) is 52.0 Å². The number of nitrogens with zero attached hydrogens (tertiary/aromatic N) is 3. The van der Waals surface area contributed by atoms with Crippen LogP contribution in [0.4, 0.5) is 5.82 Å². The Morgan fingerprint density at radius 1 is 1.21 bits per heavy atom. The van der Waals surface area contributed by atoms with Gasteiger partial charge < -0.3 is 20.1 Å². The van der Waals surface area contributed by atoms with Gasteiger partial charge in [0, 0.05) is 39.9 Å². The lowest BCUT2D eigenvalue weighted by atomic mass is 10.1. The van der Waals surface area contributed by atoms with Gasteiger partial charge in [0.25, 0.3) is 0 Å². The highest BCUT2D eigenvalue weighted by Gasteiger charge is 2.18. The highest BCUT2D eigenvalue weighted by Crippen LogP contribution is 2.23. The van der Waals surface area contributed by atoms with Crippen LogP contribution in [0, 0.1) is 6.92 Å². The first-order valence-corrected chi connectivity index (χ1v) is 6.61. The average Bonchev–Trinajstić information content (AvgIpc) is 2.66. The van der Waals surface area contributed by atoms with Gasteiger partial charge in [-0.2, -0.15) is 5.10 Å². The fourth-order valence-electron chi connectivity index (χ4n) is 2.25. The minimum atomic E-state index is 0.627. The molecule has 1 heterocycles. The van der Waals surface area contributed by atoms with Gasteiger partial charge >= 0.3 is 0 Å². The van der Waals surface area contributed by atoms with Crippen molar-refractivity contribution >= 4 is 5.82 Å². The van der Waals surface area contributed by atoms with Crippen molar-refractivity contribution in [2.24, 2.45) is 12.8 Å². The molecule has 2 N–H and O–H groups in total. The second-order valence-corrected chi connectivity index (χ2v) is 4.52. The van der Waals surface area contributed by atoms with Crippen LogP contribution in [0.5, 0.6) is 0 Å². The van der Waals surface area contributed by atoms with E-state index in [0.29, 0.717) is 19.8 Å². The normalized spacial score (nSPS) is 11.0. The lowest BCUT2D eigenvalue weighted by Gasteiger charge is -2.25. The predicted molar refractivity (Wildman–Crippen MR) is 76.7 cm³/mol. The molecule has 1 aromatic heterocycles. The second kappa shape index (κ2) is 8.14. The number of hydrogen-bond acceptors (Lipinski definition) is 5. The van der Waals surface area contributed by atoms with Crippen LogP contribution in [0.3, 0.4) is 0 Å². The molecule has 0 fully saturated rings. The van der Waals surface area contributed by atoms with Crippen LogP contribution in [-0.4, -0.2) is 56.8 Å². The molecule has 19 heavy (non-hydrogen) atoms. The molecule has 1 rings (SSSR count). The first kappa shape index (κ1) is 15.9. The summed E-state index contributed by atoms with van der Waals surface area (Å²) in [6.07, 6.45) is 0.839. The summed E-state index contributed by atoms with van der Waals surface area (Å²) >= 11 is 0. The van der Waals surface area contributed by atoms with E-state index in [2.05, 4.69) is 10.00 Å². The van der Waals surface area contributed by atoms with E-state index in [1.165, 1.54) is 5.56 Å². The number of hydrogen-bond donors (Lipinski definition) is 1. The molecular formula is C13H26N4O2. The van der Waals surface area contributed by atoms with Crippen LogP contribution in [0.2, 0.25) is 0 Å². The van der Waals surface area contributed by atoms with Crippen molar-refractivity contribution in [1.29, 1.82) is 0 Å². The van der Waals surface area contributed by atoms with E-state index in [1.54, 1.807) is 14.2 Å². The molecule has 0 aliphatic carbocycles. The Labute approximate surface area is 115 Å². The zero-order valence-electron chi connectivity index (χ0n) is 12.5. The fraction of sp³-hybridized carbons (Fsp3) is 0.769. The first-order chi connectivity index (χ1) is 9.15. The molecule has 0 saturated carbocycles. The molecule has 1 aromatic rings. The van der Waals surface area contributed by atoms with Crippen molar-refractivity contribution in [3.05, 3.63) is 11.3 Å². The maximum atomic E-state index is 5.70. The van der Waals surface area contributed by atoms with Crippen LogP contribution in [0.15, 0.2) is 0 Å². The zero-order valence-corrected chi connectivity index (χ0v) is 12.5. The molecule has 0 spiro atoms. The van der Waals surface area contributed by atoms with E-state index in [1.807, 2.05) is 18.7 Å². The Balaban J connectivity index is 2.97. The molecule has 0 radical (unpaired) electrons. The van der Waals surface area contributed by atoms with E-state index < -0.39 is 0 Å². The summed E-state index contributed by atoms with van der Waals surface area (Å²) in [5.41, 5.74) is 7.97. The highest BCUT2D eigenvalue weighted by atomic mass is 16.5. The maximum absolute atomic E-state index is 5.70. The SMILES string of the molecule is COCCN(CCOC)c1c(CCN)c(C)nn1C. The van der Waals surface area contributed by atoms with Crippen molar-refractivity contribution in [2.45, 2.75) is 13.3 Å². The van der Waals surface area contributed by atoms with Crippen molar-refractivity contribution in [3.8, 4) is 0 Å². The average molecular weight is 270 g/mol. The number of nitrogens with two attached hydrogens (primary N) is 1. The van der Waals surface area contributed by atoms with E-state index in [-0.39, 0.29) is 0 Å².